The van der Waals surface area contributed by atoms with Crippen LogP contribution in [0.15, 0.2) is 18.2 Å². The third-order valence-corrected chi connectivity index (χ3v) is 2.15. The van der Waals surface area contributed by atoms with Crippen LogP contribution in [0.4, 0.5) is 0 Å². The summed E-state index contributed by atoms with van der Waals surface area (Å²) < 4.78 is 5.31. The van der Waals surface area contributed by atoms with E-state index in [9.17, 15) is 9.90 Å². The molecule has 0 aliphatic rings. The first kappa shape index (κ1) is 16.2. The van der Waals surface area contributed by atoms with Gasteiger partial charge in [-0.1, -0.05) is 0 Å². The van der Waals surface area contributed by atoms with Gasteiger partial charge in [0.05, 0.1) is 33.8 Å². The van der Waals surface area contributed by atoms with Gasteiger partial charge in [0.1, 0.15) is 12.3 Å². The molecule has 0 aliphatic carbocycles. The van der Waals surface area contributed by atoms with Gasteiger partial charge in [0, 0.05) is 5.56 Å². The van der Waals surface area contributed by atoms with E-state index < -0.39 is 0 Å². The number of hydrogen-bond acceptors (Lipinski definition) is 3. The van der Waals surface area contributed by atoms with Crippen LogP contribution in [0.3, 0.4) is 0 Å². The van der Waals surface area contributed by atoms with Crippen LogP contribution in [0.5, 0.6) is 5.75 Å². The molecule has 0 radical (unpaired) electrons. The number of phenolic OH excluding ortho intramolecular Hbond substituents is 1. The Morgan fingerprint density at radius 3 is 2.41 bits per heavy atom. The van der Waals surface area contributed by atoms with Crippen molar-refractivity contribution < 1.29 is 43.1 Å². The van der Waals surface area contributed by atoms with Crippen molar-refractivity contribution in [3.63, 3.8) is 0 Å². The number of rotatable bonds is 3. The average Bonchev–Trinajstić information content (AvgIpc) is 2.18. The van der Waals surface area contributed by atoms with Crippen LogP contribution >= 0.6 is 0 Å². The molecule has 0 fully saturated rings. The van der Waals surface area contributed by atoms with Gasteiger partial charge < -0.3 is 38.3 Å². The first-order valence-electron chi connectivity index (χ1n) is 5.04. The standard InChI is InChI=1S/C12H17NO3.HI/c1-13(2,3)8-10-7-9(12(15)16-4)5-6-11(10)14;/h5-7H,8H2,1-4H3;1H. The minimum atomic E-state index is -0.386. The molecular formula is C12H18INO3. The number of methoxy groups -OCH3 is 1. The first-order chi connectivity index (χ1) is 7.33. The SMILES string of the molecule is COC(=O)c1ccc(O)c(C[N+](C)(C)C)c1.[I-]. The Bertz CT molecular complexity index is 399. The van der Waals surface area contributed by atoms with Crippen molar-refractivity contribution in [1.82, 2.24) is 0 Å². The van der Waals surface area contributed by atoms with Gasteiger partial charge in [-0.2, -0.15) is 0 Å². The Kier molecular flexibility index (Phi) is 5.91. The Morgan fingerprint density at radius 2 is 1.94 bits per heavy atom. The minimum absolute atomic E-state index is 0. The second-order valence-electron chi connectivity index (χ2n) is 4.78. The summed E-state index contributed by atoms with van der Waals surface area (Å²) in [6.45, 7) is 0.649. The number of phenols is 1. The minimum Gasteiger partial charge on any atom is -1.00 e. The van der Waals surface area contributed by atoms with Crippen molar-refractivity contribution in [1.29, 1.82) is 0 Å². The fourth-order valence-corrected chi connectivity index (χ4v) is 1.47. The second-order valence-corrected chi connectivity index (χ2v) is 4.78. The summed E-state index contributed by atoms with van der Waals surface area (Å²) in [4.78, 5) is 11.3. The van der Waals surface area contributed by atoms with E-state index in [1.54, 1.807) is 12.1 Å². The second kappa shape index (κ2) is 6.20. The fraction of sp³-hybridized carbons (Fsp3) is 0.417. The van der Waals surface area contributed by atoms with Gasteiger partial charge in [0.2, 0.25) is 0 Å². The van der Waals surface area contributed by atoms with Crippen LogP contribution in [0, 0.1) is 0 Å². The number of ether oxygens (including phenoxy) is 1. The van der Waals surface area contributed by atoms with E-state index in [0.29, 0.717) is 16.6 Å². The molecule has 0 saturated carbocycles. The van der Waals surface area contributed by atoms with Crippen molar-refractivity contribution >= 4 is 5.97 Å². The normalized spacial score (nSPS) is 10.6. The predicted molar refractivity (Wildman–Crippen MR) is 61.2 cm³/mol. The summed E-state index contributed by atoms with van der Waals surface area (Å²) in [7, 11) is 7.40. The molecule has 4 nitrogen and oxygen atoms in total. The monoisotopic (exact) mass is 351 g/mol. The van der Waals surface area contributed by atoms with Crippen LogP contribution in [-0.4, -0.2) is 43.8 Å². The Balaban J connectivity index is 0.00000256. The zero-order chi connectivity index (χ0) is 12.3. The Labute approximate surface area is 119 Å². The van der Waals surface area contributed by atoms with E-state index in [4.69, 9.17) is 0 Å². The van der Waals surface area contributed by atoms with Gasteiger partial charge >= 0.3 is 5.97 Å². The van der Waals surface area contributed by atoms with Gasteiger partial charge in [-0.25, -0.2) is 4.79 Å². The summed E-state index contributed by atoms with van der Waals surface area (Å²) in [5, 5.41) is 9.69. The van der Waals surface area contributed by atoms with Crippen LogP contribution in [0.2, 0.25) is 0 Å². The lowest BCUT2D eigenvalue weighted by molar-refractivity contribution is -0.884. The molecule has 1 aromatic carbocycles. The molecule has 96 valence electrons. The molecule has 1 N–H and O–H groups in total. The number of carbonyl (C=O) groups is 1. The molecule has 0 heterocycles. The summed E-state index contributed by atoms with van der Waals surface area (Å²) in [6, 6.07) is 4.75. The van der Waals surface area contributed by atoms with E-state index in [1.807, 2.05) is 21.1 Å². The lowest BCUT2D eigenvalue weighted by Crippen LogP contribution is -3.00. The molecular weight excluding hydrogens is 333 g/mol. The molecule has 0 saturated heterocycles. The number of benzene rings is 1. The lowest BCUT2D eigenvalue weighted by Gasteiger charge is -2.24. The number of carbonyl (C=O) groups excluding carboxylic acids is 1. The third-order valence-electron chi connectivity index (χ3n) is 2.15. The van der Waals surface area contributed by atoms with E-state index in [1.165, 1.54) is 13.2 Å². The van der Waals surface area contributed by atoms with Gasteiger partial charge in [0.25, 0.3) is 0 Å². The van der Waals surface area contributed by atoms with Crippen LogP contribution < -0.4 is 24.0 Å². The molecule has 0 aliphatic heterocycles. The van der Waals surface area contributed by atoms with E-state index in [2.05, 4.69) is 4.74 Å². The lowest BCUT2D eigenvalue weighted by atomic mass is 10.1. The highest BCUT2D eigenvalue weighted by atomic mass is 127. The zero-order valence-electron chi connectivity index (χ0n) is 10.5. The maximum atomic E-state index is 11.3. The molecule has 0 amide bonds. The maximum Gasteiger partial charge on any atom is 0.337 e. The van der Waals surface area contributed by atoms with Crippen molar-refractivity contribution in [3.05, 3.63) is 29.3 Å². The molecule has 1 rings (SSSR count). The van der Waals surface area contributed by atoms with Crippen molar-refractivity contribution in [2.24, 2.45) is 0 Å². The van der Waals surface area contributed by atoms with Gasteiger partial charge in [-0.3, -0.25) is 0 Å². The fourth-order valence-electron chi connectivity index (χ4n) is 1.47. The Hall–Kier alpha value is -0.820. The Morgan fingerprint density at radius 1 is 1.35 bits per heavy atom. The number of aromatic hydroxyl groups is 1. The third kappa shape index (κ3) is 4.91. The number of nitrogens with zero attached hydrogens (tertiary/aromatic N) is 1. The van der Waals surface area contributed by atoms with Crippen molar-refractivity contribution in [2.45, 2.75) is 6.54 Å². The van der Waals surface area contributed by atoms with Crippen molar-refractivity contribution in [3.8, 4) is 5.75 Å². The summed E-state index contributed by atoms with van der Waals surface area (Å²) >= 11 is 0. The molecule has 0 unspecified atom stereocenters. The molecule has 5 heteroatoms. The van der Waals surface area contributed by atoms with Gasteiger partial charge in [0.15, 0.2) is 0 Å². The van der Waals surface area contributed by atoms with E-state index in [0.717, 1.165) is 5.56 Å². The maximum absolute atomic E-state index is 11.3. The predicted octanol–water partition coefficient (Wildman–Crippen LogP) is -1.61. The molecule has 0 atom stereocenters. The molecule has 0 spiro atoms. The first-order valence-corrected chi connectivity index (χ1v) is 5.04. The summed E-state index contributed by atoms with van der Waals surface area (Å²) in [5.74, 6) is -0.177. The average molecular weight is 351 g/mol. The largest absolute Gasteiger partial charge is 1.00 e. The highest BCUT2D eigenvalue weighted by Crippen LogP contribution is 2.21. The number of hydrogen-bond donors (Lipinski definition) is 1. The van der Waals surface area contributed by atoms with Crippen LogP contribution in [-0.2, 0) is 11.3 Å². The molecule has 1 aromatic rings. The number of quaternary nitrogens is 1. The summed E-state index contributed by atoms with van der Waals surface area (Å²) in [6.07, 6.45) is 0. The quantitative estimate of drug-likeness (QED) is 0.405. The van der Waals surface area contributed by atoms with E-state index in [-0.39, 0.29) is 35.7 Å². The summed E-state index contributed by atoms with van der Waals surface area (Å²) in [5.41, 5.74) is 1.21. The van der Waals surface area contributed by atoms with Crippen LogP contribution in [0.1, 0.15) is 15.9 Å². The highest BCUT2D eigenvalue weighted by molar-refractivity contribution is 5.89. The molecule has 0 aromatic heterocycles. The van der Waals surface area contributed by atoms with Gasteiger partial charge in [-0.15, -0.1) is 0 Å². The smallest absolute Gasteiger partial charge is 0.337 e. The number of esters is 1. The molecule has 17 heavy (non-hydrogen) atoms. The highest BCUT2D eigenvalue weighted by Gasteiger charge is 2.15. The van der Waals surface area contributed by atoms with Crippen molar-refractivity contribution in [2.75, 3.05) is 28.3 Å². The van der Waals surface area contributed by atoms with Gasteiger partial charge in [-0.05, 0) is 18.2 Å². The van der Waals surface area contributed by atoms with Crippen LogP contribution in [0.25, 0.3) is 0 Å². The topological polar surface area (TPSA) is 46.5 Å². The number of halogens is 1. The van der Waals surface area contributed by atoms with E-state index >= 15 is 0 Å². The zero-order valence-corrected chi connectivity index (χ0v) is 12.7. The molecule has 0 bridgehead atoms.